The Balaban J connectivity index is 3.04. The van der Waals surface area contributed by atoms with Gasteiger partial charge in [-0.05, 0) is 18.6 Å². The maximum absolute atomic E-state index is 5.90. The average molecular weight is 190 g/mol. The minimum atomic E-state index is -0.0672. The lowest BCUT2D eigenvalue weighted by Crippen LogP contribution is -2.28. The molecule has 2 heteroatoms. The van der Waals surface area contributed by atoms with Gasteiger partial charge in [0.1, 0.15) is 5.84 Å². The summed E-state index contributed by atoms with van der Waals surface area (Å²) in [5, 5.41) is 0. The lowest BCUT2D eigenvalue weighted by molar-refractivity contribution is 0.585. The first-order valence-corrected chi connectivity index (χ1v) is 4.81. The zero-order chi connectivity index (χ0) is 10.8. The number of rotatable bonds is 1. The fraction of sp³-hybridized carbons (Fsp3) is 0.417. The number of nitrogens with zero attached hydrogens (tertiary/aromatic N) is 1. The summed E-state index contributed by atoms with van der Waals surface area (Å²) in [5.41, 5.74) is 7.95. The van der Waals surface area contributed by atoms with Crippen LogP contribution in [0.2, 0.25) is 0 Å². The highest BCUT2D eigenvalue weighted by Gasteiger charge is 2.15. The quantitative estimate of drug-likeness (QED) is 0.536. The van der Waals surface area contributed by atoms with Crippen molar-refractivity contribution in [3.8, 4) is 0 Å². The lowest BCUT2D eigenvalue weighted by atomic mass is 9.95. The molecule has 0 aliphatic heterocycles. The van der Waals surface area contributed by atoms with E-state index in [1.165, 1.54) is 0 Å². The number of hydrogen-bond donors (Lipinski definition) is 1. The molecule has 1 rings (SSSR count). The van der Waals surface area contributed by atoms with Crippen LogP contribution in [0.4, 0.5) is 5.69 Å². The molecule has 0 radical (unpaired) electrons. The first-order chi connectivity index (χ1) is 6.41. The summed E-state index contributed by atoms with van der Waals surface area (Å²) in [6.45, 7) is 8.22. The number of para-hydroxylation sites is 1. The lowest BCUT2D eigenvalue weighted by Gasteiger charge is -2.17. The second kappa shape index (κ2) is 3.82. The van der Waals surface area contributed by atoms with Gasteiger partial charge in [-0.2, -0.15) is 0 Å². The number of amidine groups is 1. The summed E-state index contributed by atoms with van der Waals surface area (Å²) in [5.74, 6) is 0.673. The van der Waals surface area contributed by atoms with Gasteiger partial charge in [0.15, 0.2) is 0 Å². The highest BCUT2D eigenvalue weighted by Crippen LogP contribution is 2.21. The molecule has 1 aromatic rings. The van der Waals surface area contributed by atoms with E-state index in [0.29, 0.717) is 5.84 Å². The molecule has 0 bridgehead atoms. The molecular weight excluding hydrogens is 172 g/mol. The third-order valence-electron chi connectivity index (χ3n) is 2.12. The van der Waals surface area contributed by atoms with E-state index in [9.17, 15) is 0 Å². The summed E-state index contributed by atoms with van der Waals surface area (Å²) >= 11 is 0. The first-order valence-electron chi connectivity index (χ1n) is 4.81. The minimum absolute atomic E-state index is 0.0672. The van der Waals surface area contributed by atoms with Gasteiger partial charge >= 0.3 is 0 Å². The van der Waals surface area contributed by atoms with Crippen molar-refractivity contribution < 1.29 is 0 Å². The van der Waals surface area contributed by atoms with Crippen LogP contribution in [-0.4, -0.2) is 5.84 Å². The largest absolute Gasteiger partial charge is 0.387 e. The Kier molecular flexibility index (Phi) is 2.94. The van der Waals surface area contributed by atoms with E-state index in [4.69, 9.17) is 5.73 Å². The number of aryl methyl sites for hydroxylation is 1. The molecule has 0 aromatic heterocycles. The number of hydrogen-bond acceptors (Lipinski definition) is 1. The zero-order valence-corrected chi connectivity index (χ0v) is 9.33. The van der Waals surface area contributed by atoms with Crippen molar-refractivity contribution in [3.05, 3.63) is 29.8 Å². The van der Waals surface area contributed by atoms with Crippen molar-refractivity contribution in [2.45, 2.75) is 27.7 Å². The normalized spacial score (nSPS) is 13.0. The van der Waals surface area contributed by atoms with Gasteiger partial charge in [0.2, 0.25) is 0 Å². The molecule has 0 saturated heterocycles. The Labute approximate surface area is 85.9 Å². The van der Waals surface area contributed by atoms with Crippen LogP contribution < -0.4 is 5.73 Å². The molecule has 0 spiro atoms. The highest BCUT2D eigenvalue weighted by molar-refractivity contribution is 5.88. The molecule has 2 N–H and O–H groups in total. The molecule has 0 saturated carbocycles. The predicted molar refractivity (Wildman–Crippen MR) is 61.9 cm³/mol. The number of benzene rings is 1. The van der Waals surface area contributed by atoms with Crippen LogP contribution >= 0.6 is 0 Å². The predicted octanol–water partition coefficient (Wildman–Crippen LogP) is 3.03. The standard InChI is InChI=1S/C12H18N2/c1-9-7-5-6-8-10(9)14-11(13)12(2,3)4/h5-8H,1-4H3,(H2,13,14). The fourth-order valence-electron chi connectivity index (χ4n) is 0.986. The average Bonchev–Trinajstić information content (AvgIpc) is 2.07. The molecule has 0 fully saturated rings. The second-order valence-corrected chi connectivity index (χ2v) is 4.53. The summed E-state index contributed by atoms with van der Waals surface area (Å²) in [4.78, 5) is 4.42. The Morgan fingerprint density at radius 3 is 2.29 bits per heavy atom. The molecule has 1 aromatic carbocycles. The van der Waals surface area contributed by atoms with Crippen molar-refractivity contribution in [1.82, 2.24) is 0 Å². The van der Waals surface area contributed by atoms with E-state index < -0.39 is 0 Å². The monoisotopic (exact) mass is 190 g/mol. The van der Waals surface area contributed by atoms with Crippen molar-refractivity contribution in [1.29, 1.82) is 0 Å². The minimum Gasteiger partial charge on any atom is -0.387 e. The number of nitrogens with two attached hydrogens (primary N) is 1. The van der Waals surface area contributed by atoms with Crippen LogP contribution in [-0.2, 0) is 0 Å². The second-order valence-electron chi connectivity index (χ2n) is 4.53. The molecule has 0 amide bonds. The maximum Gasteiger partial charge on any atom is 0.105 e. The van der Waals surface area contributed by atoms with E-state index in [1.807, 2.05) is 31.2 Å². The summed E-state index contributed by atoms with van der Waals surface area (Å²) < 4.78 is 0. The molecule has 0 atom stereocenters. The first kappa shape index (κ1) is 10.8. The van der Waals surface area contributed by atoms with Gasteiger partial charge in [-0.1, -0.05) is 39.0 Å². The van der Waals surface area contributed by atoms with Gasteiger partial charge < -0.3 is 5.73 Å². The maximum atomic E-state index is 5.90. The molecule has 0 aliphatic carbocycles. The zero-order valence-electron chi connectivity index (χ0n) is 9.33. The molecule has 0 unspecified atom stereocenters. The van der Waals surface area contributed by atoms with Gasteiger partial charge in [-0.15, -0.1) is 0 Å². The Bertz CT molecular complexity index is 346. The molecule has 0 heterocycles. The van der Waals surface area contributed by atoms with Crippen LogP contribution in [0.5, 0.6) is 0 Å². The highest BCUT2D eigenvalue weighted by atomic mass is 14.9. The van der Waals surface area contributed by atoms with Crippen LogP contribution in [0.3, 0.4) is 0 Å². The number of aliphatic imine (C=N–C) groups is 1. The van der Waals surface area contributed by atoms with Gasteiger partial charge in [-0.25, -0.2) is 4.99 Å². The van der Waals surface area contributed by atoms with Crippen LogP contribution in [0.15, 0.2) is 29.3 Å². The topological polar surface area (TPSA) is 38.4 Å². The van der Waals surface area contributed by atoms with Gasteiger partial charge in [-0.3, -0.25) is 0 Å². The van der Waals surface area contributed by atoms with E-state index in [-0.39, 0.29) is 5.41 Å². The molecular formula is C12H18N2. The van der Waals surface area contributed by atoms with E-state index in [2.05, 4.69) is 25.8 Å². The summed E-state index contributed by atoms with van der Waals surface area (Å²) in [7, 11) is 0. The Morgan fingerprint density at radius 1 is 1.21 bits per heavy atom. The van der Waals surface area contributed by atoms with Crippen molar-refractivity contribution >= 4 is 11.5 Å². The Hall–Kier alpha value is -1.31. The van der Waals surface area contributed by atoms with Crippen molar-refractivity contribution in [2.75, 3.05) is 0 Å². The molecule has 0 aliphatic rings. The van der Waals surface area contributed by atoms with Gasteiger partial charge in [0.25, 0.3) is 0 Å². The third kappa shape index (κ3) is 2.59. The van der Waals surface area contributed by atoms with Crippen LogP contribution in [0.1, 0.15) is 26.3 Å². The van der Waals surface area contributed by atoms with Crippen molar-refractivity contribution in [2.24, 2.45) is 16.1 Å². The SMILES string of the molecule is Cc1ccccc1N=C(N)C(C)(C)C. The smallest absolute Gasteiger partial charge is 0.105 e. The summed E-state index contributed by atoms with van der Waals surface area (Å²) in [6.07, 6.45) is 0. The van der Waals surface area contributed by atoms with E-state index in [0.717, 1.165) is 11.3 Å². The Morgan fingerprint density at radius 2 is 1.79 bits per heavy atom. The summed E-state index contributed by atoms with van der Waals surface area (Å²) in [6, 6.07) is 7.99. The van der Waals surface area contributed by atoms with Gasteiger partial charge in [0.05, 0.1) is 5.69 Å². The third-order valence-corrected chi connectivity index (χ3v) is 2.12. The van der Waals surface area contributed by atoms with Crippen LogP contribution in [0.25, 0.3) is 0 Å². The van der Waals surface area contributed by atoms with E-state index >= 15 is 0 Å². The van der Waals surface area contributed by atoms with Crippen LogP contribution in [0, 0.1) is 12.3 Å². The fourth-order valence-corrected chi connectivity index (χ4v) is 0.986. The van der Waals surface area contributed by atoms with E-state index in [1.54, 1.807) is 0 Å². The molecule has 76 valence electrons. The van der Waals surface area contributed by atoms with Crippen molar-refractivity contribution in [3.63, 3.8) is 0 Å². The molecule has 14 heavy (non-hydrogen) atoms. The molecule has 2 nitrogen and oxygen atoms in total. The van der Waals surface area contributed by atoms with Gasteiger partial charge in [0, 0.05) is 5.41 Å².